The number of hydrogen-bond donors (Lipinski definition) is 1. The minimum absolute atomic E-state index is 0.118. The molecule has 0 radical (unpaired) electrons. The molecule has 0 saturated carbocycles. The van der Waals surface area contributed by atoms with Gasteiger partial charge >= 0.3 is 5.97 Å². The summed E-state index contributed by atoms with van der Waals surface area (Å²) in [6.07, 6.45) is 2.08. The molecule has 0 amide bonds. The van der Waals surface area contributed by atoms with E-state index in [1.165, 1.54) is 22.4 Å². The highest BCUT2D eigenvalue weighted by Crippen LogP contribution is 2.23. The number of esters is 1. The Morgan fingerprint density at radius 3 is 2.75 bits per heavy atom. The quantitative estimate of drug-likeness (QED) is 0.477. The van der Waals surface area contributed by atoms with Crippen molar-refractivity contribution < 1.29 is 19.4 Å². The number of rotatable bonds is 7. The van der Waals surface area contributed by atoms with Crippen LogP contribution in [0.4, 0.5) is 0 Å². The zero-order chi connectivity index (χ0) is 16.9. The van der Waals surface area contributed by atoms with Crippen molar-refractivity contribution in [2.24, 2.45) is 0 Å². The molecular formula is C19H21O4P. The Hall–Kier alpha value is -1.74. The van der Waals surface area contributed by atoms with Gasteiger partial charge in [0.2, 0.25) is 6.29 Å². The Labute approximate surface area is 143 Å². The molecule has 1 aliphatic heterocycles. The highest BCUT2D eigenvalue weighted by Gasteiger charge is 2.27. The van der Waals surface area contributed by atoms with E-state index in [4.69, 9.17) is 4.74 Å². The van der Waals surface area contributed by atoms with Crippen molar-refractivity contribution in [1.29, 1.82) is 0 Å². The fourth-order valence-corrected chi connectivity index (χ4v) is 3.19. The summed E-state index contributed by atoms with van der Waals surface area (Å²) < 4.78 is 10.3. The molecule has 1 N–H and O–H groups in total. The topological polar surface area (TPSA) is 55.8 Å². The lowest BCUT2D eigenvalue weighted by Gasteiger charge is -2.15. The Bertz CT molecular complexity index is 756. The molecule has 126 valence electrons. The summed E-state index contributed by atoms with van der Waals surface area (Å²) in [6, 6.07) is 14.9. The summed E-state index contributed by atoms with van der Waals surface area (Å²) >= 11 is 0. The van der Waals surface area contributed by atoms with Crippen LogP contribution in [0.1, 0.15) is 12.0 Å². The van der Waals surface area contributed by atoms with E-state index >= 15 is 0 Å². The van der Waals surface area contributed by atoms with Crippen LogP contribution in [0.5, 0.6) is 0 Å². The molecule has 1 heterocycles. The van der Waals surface area contributed by atoms with E-state index in [0.29, 0.717) is 18.8 Å². The van der Waals surface area contributed by atoms with Crippen molar-refractivity contribution in [3.8, 4) is 0 Å². The average Bonchev–Trinajstić information content (AvgIpc) is 2.92. The van der Waals surface area contributed by atoms with Gasteiger partial charge in [-0.1, -0.05) is 42.5 Å². The number of aliphatic hydroxyl groups is 1. The van der Waals surface area contributed by atoms with Crippen molar-refractivity contribution in [3.63, 3.8) is 0 Å². The lowest BCUT2D eigenvalue weighted by Crippen LogP contribution is -2.20. The van der Waals surface area contributed by atoms with E-state index in [1.54, 1.807) is 0 Å². The first kappa shape index (κ1) is 17.1. The Balaban J connectivity index is 1.42. The van der Waals surface area contributed by atoms with E-state index in [2.05, 4.69) is 50.4 Å². The normalized spacial score (nSPS) is 18.5. The minimum Gasteiger partial charge on any atom is -0.429 e. The summed E-state index contributed by atoms with van der Waals surface area (Å²) in [5, 5.41) is 12.1. The smallest absolute Gasteiger partial charge is 0.333 e. The third-order valence-electron chi connectivity index (χ3n) is 4.09. The molecule has 1 aliphatic rings. The maximum Gasteiger partial charge on any atom is 0.333 e. The van der Waals surface area contributed by atoms with Crippen LogP contribution in [0, 0.1) is 0 Å². The van der Waals surface area contributed by atoms with Gasteiger partial charge in [-0.15, -0.1) is 9.24 Å². The molecule has 4 nitrogen and oxygen atoms in total. The van der Waals surface area contributed by atoms with Crippen LogP contribution in [0.15, 0.2) is 54.1 Å². The molecule has 3 unspecified atom stereocenters. The SMILES string of the molecule is O=C1C=C(C(P)COCCCc2ccc3ccccc3c2)C(O)O1. The summed E-state index contributed by atoms with van der Waals surface area (Å²) in [5.41, 5.74) is 1.74. The summed E-state index contributed by atoms with van der Waals surface area (Å²) in [4.78, 5) is 11.1. The van der Waals surface area contributed by atoms with E-state index in [-0.39, 0.29) is 5.66 Å². The maximum atomic E-state index is 11.1. The first-order chi connectivity index (χ1) is 11.6. The number of aliphatic hydroxyl groups excluding tert-OH is 1. The molecule has 0 aromatic heterocycles. The Morgan fingerprint density at radius 2 is 2.00 bits per heavy atom. The molecule has 0 spiro atoms. The summed E-state index contributed by atoms with van der Waals surface area (Å²) in [6.45, 7) is 1.07. The molecule has 0 bridgehead atoms. The molecule has 3 atom stereocenters. The van der Waals surface area contributed by atoms with E-state index in [0.717, 1.165) is 12.8 Å². The molecule has 2 aromatic rings. The van der Waals surface area contributed by atoms with Gasteiger partial charge in [-0.3, -0.25) is 0 Å². The zero-order valence-corrected chi connectivity index (χ0v) is 14.5. The van der Waals surface area contributed by atoms with Crippen LogP contribution in [-0.4, -0.2) is 36.2 Å². The van der Waals surface area contributed by atoms with Crippen LogP contribution in [0.25, 0.3) is 10.8 Å². The number of carbonyl (C=O) groups is 1. The van der Waals surface area contributed by atoms with Crippen LogP contribution in [0.3, 0.4) is 0 Å². The van der Waals surface area contributed by atoms with Crippen molar-refractivity contribution in [2.75, 3.05) is 13.2 Å². The van der Waals surface area contributed by atoms with Crippen LogP contribution >= 0.6 is 9.24 Å². The molecule has 0 aliphatic carbocycles. The summed E-state index contributed by atoms with van der Waals surface area (Å²) in [5.74, 6) is -0.499. The third kappa shape index (κ3) is 4.21. The highest BCUT2D eigenvalue weighted by molar-refractivity contribution is 7.18. The summed E-state index contributed by atoms with van der Waals surface area (Å²) in [7, 11) is 2.58. The van der Waals surface area contributed by atoms with Gasteiger partial charge in [0.15, 0.2) is 0 Å². The van der Waals surface area contributed by atoms with Gasteiger partial charge in [-0.2, -0.15) is 0 Å². The number of aryl methyl sites for hydroxylation is 1. The van der Waals surface area contributed by atoms with Gasteiger partial charge in [-0.25, -0.2) is 4.79 Å². The van der Waals surface area contributed by atoms with E-state index in [9.17, 15) is 9.90 Å². The van der Waals surface area contributed by atoms with Crippen LogP contribution < -0.4 is 0 Å². The number of fused-ring (bicyclic) bond motifs is 1. The monoisotopic (exact) mass is 344 g/mol. The fraction of sp³-hybridized carbons (Fsp3) is 0.316. The van der Waals surface area contributed by atoms with Gasteiger partial charge in [0, 0.05) is 23.9 Å². The number of ether oxygens (including phenoxy) is 2. The van der Waals surface area contributed by atoms with Crippen LogP contribution in [0.2, 0.25) is 0 Å². The van der Waals surface area contributed by atoms with Crippen molar-refractivity contribution in [3.05, 3.63) is 59.7 Å². The highest BCUT2D eigenvalue weighted by atomic mass is 31.0. The lowest BCUT2D eigenvalue weighted by molar-refractivity contribution is -0.151. The molecule has 5 heteroatoms. The van der Waals surface area contributed by atoms with Crippen molar-refractivity contribution in [2.45, 2.75) is 24.8 Å². The molecule has 0 fully saturated rings. The number of cyclic esters (lactones) is 1. The second-order valence-electron chi connectivity index (χ2n) is 5.90. The molecular weight excluding hydrogens is 323 g/mol. The Kier molecular flexibility index (Phi) is 5.62. The second kappa shape index (κ2) is 7.89. The molecule has 3 rings (SSSR count). The predicted octanol–water partition coefficient (Wildman–Crippen LogP) is 2.83. The standard InChI is InChI=1S/C19H21O4P/c20-18-11-16(19(21)23-18)17(24)12-22-9-3-4-13-7-8-14-5-1-2-6-15(14)10-13/h1-2,5-8,10-11,17,19,21H,3-4,9,12,24H2. The van der Waals surface area contributed by atoms with Gasteiger partial charge in [0.25, 0.3) is 0 Å². The first-order valence-corrected chi connectivity index (χ1v) is 8.71. The maximum absolute atomic E-state index is 11.1. The largest absolute Gasteiger partial charge is 0.429 e. The van der Waals surface area contributed by atoms with Crippen LogP contribution in [-0.2, 0) is 20.7 Å². The third-order valence-corrected chi connectivity index (χ3v) is 4.67. The zero-order valence-electron chi connectivity index (χ0n) is 13.4. The van der Waals surface area contributed by atoms with Gasteiger partial charge in [-0.05, 0) is 29.2 Å². The fourth-order valence-electron chi connectivity index (χ4n) is 2.79. The van der Waals surface area contributed by atoms with E-state index < -0.39 is 12.3 Å². The minimum atomic E-state index is -1.14. The molecule has 2 aromatic carbocycles. The van der Waals surface area contributed by atoms with Crippen molar-refractivity contribution in [1.82, 2.24) is 0 Å². The molecule has 0 saturated heterocycles. The lowest BCUT2D eigenvalue weighted by atomic mass is 10.0. The number of hydrogen-bond acceptors (Lipinski definition) is 4. The Morgan fingerprint density at radius 1 is 1.21 bits per heavy atom. The second-order valence-corrected chi connectivity index (χ2v) is 6.70. The first-order valence-electron chi connectivity index (χ1n) is 8.04. The molecule has 24 heavy (non-hydrogen) atoms. The predicted molar refractivity (Wildman–Crippen MR) is 96.8 cm³/mol. The van der Waals surface area contributed by atoms with Gasteiger partial charge in [0.1, 0.15) is 0 Å². The average molecular weight is 344 g/mol. The number of carbonyl (C=O) groups excluding carboxylic acids is 1. The van der Waals surface area contributed by atoms with Gasteiger partial charge in [0.05, 0.1) is 6.61 Å². The number of benzene rings is 2. The van der Waals surface area contributed by atoms with E-state index in [1.807, 2.05) is 6.07 Å². The van der Waals surface area contributed by atoms with Gasteiger partial charge < -0.3 is 14.6 Å². The van der Waals surface area contributed by atoms with Crippen molar-refractivity contribution >= 4 is 26.0 Å².